The van der Waals surface area contributed by atoms with E-state index >= 15 is 0 Å². The van der Waals surface area contributed by atoms with E-state index in [-0.39, 0.29) is 36.4 Å². The minimum atomic E-state index is -3.82. The van der Waals surface area contributed by atoms with Crippen molar-refractivity contribution in [2.75, 3.05) is 46.3 Å². The fraction of sp³-hybridized carbons (Fsp3) is 0.483. The largest absolute Gasteiger partial charge is 0.353 e. The number of amides is 1. The summed E-state index contributed by atoms with van der Waals surface area (Å²) >= 11 is 0. The molecule has 1 unspecified atom stereocenters. The van der Waals surface area contributed by atoms with E-state index in [1.165, 1.54) is 21.0 Å². The van der Waals surface area contributed by atoms with Crippen LogP contribution < -0.4 is 5.32 Å². The van der Waals surface area contributed by atoms with Crippen molar-refractivity contribution in [3.05, 3.63) is 77.1 Å². The van der Waals surface area contributed by atoms with E-state index < -0.39 is 16.1 Å². The van der Waals surface area contributed by atoms with Crippen molar-refractivity contribution in [1.82, 2.24) is 34.4 Å². The molecule has 2 fully saturated rings. The van der Waals surface area contributed by atoms with E-state index in [1.807, 2.05) is 10.9 Å². The van der Waals surface area contributed by atoms with Crippen LogP contribution in [0.4, 0.5) is 0 Å². The highest BCUT2D eigenvalue weighted by molar-refractivity contribution is 7.89. The lowest BCUT2D eigenvalue weighted by molar-refractivity contribution is -0.126. The number of aromatic nitrogens is 3. The summed E-state index contributed by atoms with van der Waals surface area (Å²) in [6, 6.07) is 14.3. The van der Waals surface area contributed by atoms with Crippen LogP contribution >= 0.6 is 0 Å². The summed E-state index contributed by atoms with van der Waals surface area (Å²) in [6.45, 7) is 5.89. The number of hydrogen-bond acceptors (Lipinski definition) is 7. The molecule has 10 nitrogen and oxygen atoms in total. The number of carbonyl (C=O) groups excluding carboxylic acids is 1. The highest BCUT2D eigenvalue weighted by Gasteiger charge is 2.39. The normalized spacial score (nSPS) is 23.1. The van der Waals surface area contributed by atoms with Gasteiger partial charge in [-0.3, -0.25) is 9.69 Å². The lowest BCUT2D eigenvalue weighted by Gasteiger charge is -2.33. The highest BCUT2D eigenvalue weighted by atomic mass is 32.2. The molecule has 2 aromatic carbocycles. The molecule has 1 amide bonds. The SMILES string of the molecule is CN1CCN(Cc2ccc3c(c2)CCC[C@H]3n2cc(CC3C(=O)NCCN3S(=O)(=O)c3ccccc3)nn2)CC1. The Labute approximate surface area is 236 Å². The second kappa shape index (κ2) is 11.4. The Morgan fingerprint density at radius 2 is 1.82 bits per heavy atom. The third-order valence-electron chi connectivity index (χ3n) is 8.40. The zero-order valence-electron chi connectivity index (χ0n) is 22.9. The van der Waals surface area contributed by atoms with Gasteiger partial charge in [0.25, 0.3) is 0 Å². The maximum Gasteiger partial charge on any atom is 0.243 e. The summed E-state index contributed by atoms with van der Waals surface area (Å²) < 4.78 is 30.0. The molecule has 212 valence electrons. The summed E-state index contributed by atoms with van der Waals surface area (Å²) in [4.78, 5) is 18.0. The average molecular weight is 564 g/mol. The molecule has 0 radical (unpaired) electrons. The zero-order valence-corrected chi connectivity index (χ0v) is 23.8. The van der Waals surface area contributed by atoms with E-state index in [0.717, 1.165) is 52.0 Å². The van der Waals surface area contributed by atoms with Crippen molar-refractivity contribution >= 4 is 15.9 Å². The predicted molar refractivity (Wildman–Crippen MR) is 151 cm³/mol. The fourth-order valence-corrected chi connectivity index (χ4v) is 7.75. The highest BCUT2D eigenvalue weighted by Crippen LogP contribution is 2.33. The minimum absolute atomic E-state index is 0.0759. The van der Waals surface area contributed by atoms with E-state index in [4.69, 9.17) is 0 Å². The molecule has 3 aromatic rings. The van der Waals surface area contributed by atoms with Crippen LogP contribution in [0.2, 0.25) is 0 Å². The molecular formula is C29H37N7O3S. The minimum Gasteiger partial charge on any atom is -0.353 e. The molecule has 2 aliphatic heterocycles. The van der Waals surface area contributed by atoms with Crippen LogP contribution in [0.1, 0.15) is 41.3 Å². The number of likely N-dealkylation sites (N-methyl/N-ethyl adjacent to an activating group) is 1. The molecule has 0 saturated carbocycles. The third kappa shape index (κ3) is 5.56. The van der Waals surface area contributed by atoms with Gasteiger partial charge >= 0.3 is 0 Å². The molecule has 0 bridgehead atoms. The van der Waals surface area contributed by atoms with Gasteiger partial charge in [-0.05, 0) is 55.1 Å². The molecule has 1 aromatic heterocycles. The molecule has 3 heterocycles. The lowest BCUT2D eigenvalue weighted by Crippen LogP contribution is -2.57. The van der Waals surface area contributed by atoms with Crippen LogP contribution in [-0.4, -0.2) is 95.8 Å². The molecule has 1 aliphatic carbocycles. The summed E-state index contributed by atoms with van der Waals surface area (Å²) in [6.07, 6.45) is 5.14. The number of rotatable bonds is 7. The van der Waals surface area contributed by atoms with Gasteiger partial charge in [0.15, 0.2) is 0 Å². The van der Waals surface area contributed by atoms with Gasteiger partial charge in [-0.1, -0.05) is 41.6 Å². The molecular weight excluding hydrogens is 526 g/mol. The van der Waals surface area contributed by atoms with Gasteiger partial charge in [0.1, 0.15) is 6.04 Å². The van der Waals surface area contributed by atoms with Crippen LogP contribution in [0.25, 0.3) is 0 Å². The van der Waals surface area contributed by atoms with E-state index in [1.54, 1.807) is 30.3 Å². The quantitative estimate of drug-likeness (QED) is 0.467. The fourth-order valence-electron chi connectivity index (χ4n) is 6.14. The number of carbonyl (C=O) groups is 1. The van der Waals surface area contributed by atoms with Crippen LogP contribution in [-0.2, 0) is 34.2 Å². The maximum atomic E-state index is 13.4. The van der Waals surface area contributed by atoms with Crippen LogP contribution in [0, 0.1) is 0 Å². The van der Waals surface area contributed by atoms with Crippen molar-refractivity contribution in [3.63, 3.8) is 0 Å². The summed E-state index contributed by atoms with van der Waals surface area (Å²) in [7, 11) is -1.64. The number of benzene rings is 2. The van der Waals surface area contributed by atoms with Crippen molar-refractivity contribution in [1.29, 1.82) is 0 Å². The number of nitrogens with zero attached hydrogens (tertiary/aromatic N) is 6. The Kier molecular flexibility index (Phi) is 7.71. The molecule has 0 spiro atoms. The number of piperazine rings is 2. The van der Waals surface area contributed by atoms with Gasteiger partial charge in [-0.2, -0.15) is 4.31 Å². The predicted octanol–water partition coefficient (Wildman–Crippen LogP) is 1.68. The van der Waals surface area contributed by atoms with Crippen molar-refractivity contribution < 1.29 is 13.2 Å². The Morgan fingerprint density at radius 1 is 1.02 bits per heavy atom. The molecule has 40 heavy (non-hydrogen) atoms. The average Bonchev–Trinajstić information content (AvgIpc) is 3.44. The summed E-state index contributed by atoms with van der Waals surface area (Å²) in [5, 5.41) is 11.7. The van der Waals surface area contributed by atoms with Gasteiger partial charge in [0, 0.05) is 58.4 Å². The van der Waals surface area contributed by atoms with Crippen molar-refractivity contribution in [3.8, 4) is 0 Å². The topological polar surface area (TPSA) is 104 Å². The van der Waals surface area contributed by atoms with Crippen LogP contribution in [0.3, 0.4) is 0 Å². The first-order chi connectivity index (χ1) is 19.4. The molecule has 2 saturated heterocycles. The molecule has 6 rings (SSSR count). The molecule has 1 N–H and O–H groups in total. The molecule has 2 atom stereocenters. The Bertz CT molecular complexity index is 1450. The van der Waals surface area contributed by atoms with Crippen LogP contribution in [0.15, 0.2) is 59.6 Å². The molecule has 11 heteroatoms. The Balaban J connectivity index is 1.18. The zero-order chi connectivity index (χ0) is 27.7. The van der Waals surface area contributed by atoms with Gasteiger partial charge in [-0.15, -0.1) is 5.10 Å². The third-order valence-corrected chi connectivity index (χ3v) is 10.3. The first kappa shape index (κ1) is 27.1. The van der Waals surface area contributed by atoms with E-state index in [0.29, 0.717) is 5.69 Å². The number of aryl methyl sites for hydroxylation is 1. The second-order valence-corrected chi connectivity index (χ2v) is 13.0. The monoisotopic (exact) mass is 563 g/mol. The lowest BCUT2D eigenvalue weighted by atomic mass is 9.86. The molecule has 3 aliphatic rings. The standard InChI is InChI=1S/C29H37N7O3S/c1-33-14-16-34(17-15-33)20-22-10-11-26-23(18-22)6-5-9-27(26)35-21-24(31-32-35)19-28-29(37)30-12-13-36(28)40(38,39)25-7-3-2-4-8-25/h2-4,7-8,10-11,18,21,27-28H,5-6,9,12-17,19-20H2,1H3,(H,30,37)/t27-,28?/m1/s1. The summed E-state index contributed by atoms with van der Waals surface area (Å²) in [5.74, 6) is -0.309. The van der Waals surface area contributed by atoms with Gasteiger partial charge in [0.2, 0.25) is 15.9 Å². The van der Waals surface area contributed by atoms with E-state index in [9.17, 15) is 13.2 Å². The smallest absolute Gasteiger partial charge is 0.243 e. The van der Waals surface area contributed by atoms with Gasteiger partial charge in [-0.25, -0.2) is 13.1 Å². The van der Waals surface area contributed by atoms with Crippen molar-refractivity contribution in [2.24, 2.45) is 0 Å². The second-order valence-electron chi connectivity index (χ2n) is 11.2. The first-order valence-corrected chi connectivity index (χ1v) is 15.6. The van der Waals surface area contributed by atoms with Crippen LogP contribution in [0.5, 0.6) is 0 Å². The maximum absolute atomic E-state index is 13.4. The summed E-state index contributed by atoms with van der Waals surface area (Å²) in [5.41, 5.74) is 4.60. The van der Waals surface area contributed by atoms with Gasteiger partial charge in [0.05, 0.1) is 16.6 Å². The Hall–Kier alpha value is -3.12. The van der Waals surface area contributed by atoms with Crippen molar-refractivity contribution in [2.45, 2.75) is 49.2 Å². The number of sulfonamides is 1. The van der Waals surface area contributed by atoms with Gasteiger partial charge < -0.3 is 10.2 Å². The number of hydrogen-bond donors (Lipinski definition) is 1. The number of nitrogens with one attached hydrogen (secondary N) is 1. The number of fused-ring (bicyclic) bond motifs is 1. The first-order valence-electron chi connectivity index (χ1n) is 14.2. The Morgan fingerprint density at radius 3 is 2.62 bits per heavy atom. The van der Waals surface area contributed by atoms with E-state index in [2.05, 4.69) is 50.7 Å².